The lowest BCUT2D eigenvalue weighted by atomic mass is 10.2. The average molecular weight is 223 g/mol. The van der Waals surface area contributed by atoms with Crippen LogP contribution < -0.4 is 5.73 Å². The minimum atomic E-state index is -0.725. The second-order valence-corrected chi connectivity index (χ2v) is 3.49. The minimum absolute atomic E-state index is 0. The van der Waals surface area contributed by atoms with Crippen LogP contribution in [0.5, 0.6) is 0 Å². The van der Waals surface area contributed by atoms with Crippen LogP contribution in [-0.2, 0) is 9.53 Å². The summed E-state index contributed by atoms with van der Waals surface area (Å²) in [4.78, 5) is 19.4. The normalized spacial score (nSPS) is 8.67. The number of amides is 1. The van der Waals surface area contributed by atoms with E-state index in [4.69, 9.17) is 10.8 Å². The zero-order chi connectivity index (χ0) is 12.9. The van der Waals surface area contributed by atoms with Gasteiger partial charge in [-0.2, -0.15) is 0 Å². The maximum Gasteiger partial charge on any atom is 0.405 e. The molecule has 15 heavy (non-hydrogen) atoms. The number of carbonyl (C=O) groups excluding carboxylic acids is 2. The van der Waals surface area contributed by atoms with Crippen molar-refractivity contribution in [1.82, 2.24) is 0 Å². The highest BCUT2D eigenvalue weighted by Gasteiger charge is 2.12. The van der Waals surface area contributed by atoms with E-state index in [0.717, 1.165) is 19.8 Å². The molecule has 0 heterocycles. The molecule has 0 aromatic carbocycles. The molecule has 0 fully saturated rings. The van der Waals surface area contributed by atoms with Crippen molar-refractivity contribution in [3.05, 3.63) is 0 Å². The van der Waals surface area contributed by atoms with Crippen molar-refractivity contribution in [2.75, 3.05) is 7.11 Å². The summed E-state index contributed by atoms with van der Waals surface area (Å²) in [6, 6.07) is 0. The number of carbonyl (C=O) groups is 2. The zero-order valence-corrected chi connectivity index (χ0v) is 10.2. The van der Waals surface area contributed by atoms with Gasteiger partial charge in [0.05, 0.1) is 0 Å². The van der Waals surface area contributed by atoms with Gasteiger partial charge < -0.3 is 20.4 Å². The van der Waals surface area contributed by atoms with E-state index in [1.54, 1.807) is 20.8 Å². The van der Waals surface area contributed by atoms with Gasteiger partial charge in [0, 0.05) is 15.0 Å². The van der Waals surface area contributed by atoms with Crippen LogP contribution in [0.2, 0.25) is 0 Å². The number of hydrogen-bond donors (Lipinski definition) is 2. The van der Waals surface area contributed by atoms with E-state index in [9.17, 15) is 9.59 Å². The van der Waals surface area contributed by atoms with E-state index in [-0.39, 0.29) is 1.43 Å². The lowest BCUT2D eigenvalue weighted by molar-refractivity contribution is -0.107. The molecule has 0 unspecified atom stereocenters. The quantitative estimate of drug-likeness (QED) is 0.697. The van der Waals surface area contributed by atoms with Crippen molar-refractivity contribution in [2.45, 2.75) is 46.1 Å². The Balaban J connectivity index is -0.0000000786. The summed E-state index contributed by atoms with van der Waals surface area (Å²) in [6.07, 6.45) is 1.89. The van der Waals surface area contributed by atoms with Gasteiger partial charge in [-0.3, -0.25) is 0 Å². The van der Waals surface area contributed by atoms with Crippen molar-refractivity contribution in [3.63, 3.8) is 0 Å². The van der Waals surface area contributed by atoms with Crippen molar-refractivity contribution >= 4 is 12.4 Å². The second kappa shape index (κ2) is 12.9. The summed E-state index contributed by atoms with van der Waals surface area (Å²) in [5, 5.41) is 7.00. The molecule has 3 N–H and O–H groups in total. The molecule has 0 atom stereocenters. The highest BCUT2D eigenvalue weighted by molar-refractivity contribution is 5.65. The van der Waals surface area contributed by atoms with Gasteiger partial charge >= 0.3 is 6.09 Å². The Labute approximate surface area is 93.1 Å². The van der Waals surface area contributed by atoms with Crippen LogP contribution in [0.4, 0.5) is 4.79 Å². The molecular formula is C10H25NO4. The summed E-state index contributed by atoms with van der Waals surface area (Å²) in [5.74, 6) is 0. The molecule has 0 spiro atoms. The fourth-order valence-corrected chi connectivity index (χ4v) is 0.420. The monoisotopic (exact) mass is 223 g/mol. The number of rotatable bonds is 2. The number of aldehydes is 1. The molecule has 5 nitrogen and oxygen atoms in total. The molecular weight excluding hydrogens is 198 g/mol. The van der Waals surface area contributed by atoms with Gasteiger partial charge in [-0.1, -0.05) is 6.92 Å². The second-order valence-electron chi connectivity index (χ2n) is 3.49. The molecule has 0 aromatic heterocycles. The predicted octanol–water partition coefficient (Wildman–Crippen LogP) is 1.72. The van der Waals surface area contributed by atoms with Crippen LogP contribution in [0.1, 0.15) is 42.0 Å². The largest absolute Gasteiger partial charge is 0.444 e. The number of unbranched alkanes of at least 4 members (excludes halogenated alkanes) is 1. The van der Waals surface area contributed by atoms with Gasteiger partial charge in [0.15, 0.2) is 0 Å². The SMILES string of the molecule is CC(C)(C)OC(N)=O.CCCC=O.CO.[HH]. The number of hydrogen-bond acceptors (Lipinski definition) is 4. The van der Waals surface area contributed by atoms with E-state index in [0.29, 0.717) is 6.42 Å². The molecule has 0 saturated carbocycles. The zero-order valence-electron chi connectivity index (χ0n) is 10.2. The summed E-state index contributed by atoms with van der Waals surface area (Å²) in [5.41, 5.74) is 4.26. The first-order valence-electron chi connectivity index (χ1n) is 4.70. The van der Waals surface area contributed by atoms with Crippen LogP contribution >= 0.6 is 0 Å². The Kier molecular flexibility index (Phi) is 16.7. The van der Waals surface area contributed by atoms with E-state index < -0.39 is 11.7 Å². The summed E-state index contributed by atoms with van der Waals surface area (Å²) >= 11 is 0. The maximum atomic E-state index is 10.0. The fraction of sp³-hybridized carbons (Fsp3) is 0.800. The van der Waals surface area contributed by atoms with E-state index in [1.807, 2.05) is 6.92 Å². The Morgan fingerprint density at radius 3 is 1.87 bits per heavy atom. The topological polar surface area (TPSA) is 89.6 Å². The molecule has 0 aromatic rings. The highest BCUT2D eigenvalue weighted by Crippen LogP contribution is 2.04. The third-order valence-electron chi connectivity index (χ3n) is 0.813. The Morgan fingerprint density at radius 2 is 1.87 bits per heavy atom. The Morgan fingerprint density at radius 1 is 1.47 bits per heavy atom. The highest BCUT2D eigenvalue weighted by atomic mass is 16.6. The standard InChI is InChI=1S/C5H11NO2.C4H8O.CH4O.H2/c1-5(2,3)8-4(6)7;1-2-3-4-5;1-2;/h1-3H3,(H2,6,7);4H,2-3H2,1H3;2H,1H3;1H. The fourth-order valence-electron chi connectivity index (χ4n) is 0.420. The van der Waals surface area contributed by atoms with Gasteiger partial charge in [0.25, 0.3) is 0 Å². The van der Waals surface area contributed by atoms with Crippen molar-refractivity contribution in [3.8, 4) is 0 Å². The summed E-state index contributed by atoms with van der Waals surface area (Å²) < 4.78 is 4.58. The molecule has 0 rings (SSSR count). The third kappa shape index (κ3) is 44.0. The predicted molar refractivity (Wildman–Crippen MR) is 61.7 cm³/mol. The van der Waals surface area contributed by atoms with Gasteiger partial charge in [0.2, 0.25) is 0 Å². The molecule has 94 valence electrons. The first-order valence-corrected chi connectivity index (χ1v) is 4.70. The van der Waals surface area contributed by atoms with Gasteiger partial charge in [0.1, 0.15) is 11.9 Å². The summed E-state index contributed by atoms with van der Waals surface area (Å²) in [7, 11) is 1.00. The molecule has 0 saturated heterocycles. The smallest absolute Gasteiger partial charge is 0.405 e. The number of ether oxygens (including phenoxy) is 1. The molecule has 0 bridgehead atoms. The van der Waals surface area contributed by atoms with Gasteiger partial charge in [-0.25, -0.2) is 4.79 Å². The van der Waals surface area contributed by atoms with Crippen molar-refractivity contribution in [1.29, 1.82) is 0 Å². The van der Waals surface area contributed by atoms with Crippen LogP contribution in [0.25, 0.3) is 0 Å². The molecule has 0 radical (unpaired) electrons. The maximum absolute atomic E-state index is 10.0. The Bertz CT molecular complexity index is 157. The third-order valence-corrected chi connectivity index (χ3v) is 0.813. The number of aliphatic hydroxyl groups is 1. The molecule has 0 aliphatic heterocycles. The first kappa shape index (κ1) is 19.5. The van der Waals surface area contributed by atoms with Crippen molar-refractivity contribution in [2.24, 2.45) is 5.73 Å². The summed E-state index contributed by atoms with van der Waals surface area (Å²) in [6.45, 7) is 7.27. The van der Waals surface area contributed by atoms with Crippen LogP contribution in [0.15, 0.2) is 0 Å². The van der Waals surface area contributed by atoms with Crippen molar-refractivity contribution < 1.29 is 20.9 Å². The van der Waals surface area contributed by atoms with Gasteiger partial charge in [-0.05, 0) is 27.2 Å². The Hall–Kier alpha value is -1.10. The van der Waals surface area contributed by atoms with Crippen LogP contribution in [0.3, 0.4) is 0 Å². The molecule has 0 aliphatic rings. The molecule has 0 aliphatic carbocycles. The van der Waals surface area contributed by atoms with Crippen LogP contribution in [0, 0.1) is 0 Å². The van der Waals surface area contributed by atoms with E-state index in [1.165, 1.54) is 0 Å². The number of primary amides is 1. The first-order chi connectivity index (χ1) is 6.83. The van der Waals surface area contributed by atoms with Crippen LogP contribution in [-0.4, -0.2) is 30.2 Å². The number of aliphatic hydroxyl groups excluding tert-OH is 1. The van der Waals surface area contributed by atoms with Gasteiger partial charge in [-0.15, -0.1) is 0 Å². The minimum Gasteiger partial charge on any atom is -0.444 e. The lowest BCUT2D eigenvalue weighted by Gasteiger charge is -2.16. The van der Waals surface area contributed by atoms with E-state index >= 15 is 0 Å². The number of nitrogens with two attached hydrogens (primary N) is 1. The molecule has 5 heteroatoms. The molecule has 1 amide bonds. The van der Waals surface area contributed by atoms with E-state index in [2.05, 4.69) is 4.74 Å². The lowest BCUT2D eigenvalue weighted by Crippen LogP contribution is -2.27. The average Bonchev–Trinajstić information content (AvgIpc) is 2.06.